The van der Waals surface area contributed by atoms with Gasteiger partial charge >= 0.3 is 0 Å². The molecule has 2 amide bonds. The van der Waals surface area contributed by atoms with Gasteiger partial charge in [0.1, 0.15) is 0 Å². The Bertz CT molecular complexity index is 1010. The van der Waals surface area contributed by atoms with Crippen molar-refractivity contribution in [3.05, 3.63) is 53.4 Å². The monoisotopic (exact) mass is 463 g/mol. The van der Waals surface area contributed by atoms with Crippen LogP contribution in [-0.2, 0) is 9.59 Å². The molecule has 3 heterocycles. The Hall–Kier alpha value is -2.93. The third kappa shape index (κ3) is 5.58. The van der Waals surface area contributed by atoms with E-state index in [4.69, 9.17) is 0 Å². The van der Waals surface area contributed by atoms with Crippen LogP contribution in [0.5, 0.6) is 0 Å². The lowest BCUT2D eigenvalue weighted by Crippen LogP contribution is -2.49. The van der Waals surface area contributed by atoms with Gasteiger partial charge in [-0.25, -0.2) is 4.68 Å². The van der Waals surface area contributed by atoms with Crippen molar-refractivity contribution in [2.24, 2.45) is 5.92 Å². The molecule has 0 N–H and O–H groups in total. The zero-order valence-corrected chi connectivity index (χ0v) is 20.7. The van der Waals surface area contributed by atoms with Crippen LogP contribution in [0.4, 0.5) is 0 Å². The van der Waals surface area contributed by atoms with Gasteiger partial charge in [0, 0.05) is 63.0 Å². The van der Waals surface area contributed by atoms with Crippen LogP contribution in [0.3, 0.4) is 0 Å². The van der Waals surface area contributed by atoms with Gasteiger partial charge in [0.15, 0.2) is 0 Å². The molecule has 0 bridgehead atoms. The number of hydrogen-bond acceptors (Lipinski definition) is 4. The standard InChI is InChI=1S/C27H37N5O2/c1-4-29-16-18-31(19-17-29)27(34)20-23-12-14-30(15-13-23)26(33)11-10-25-21(2)28-32(22(25)3)24-8-6-5-7-9-24/h5-11,23H,4,12-20H2,1-3H3. The number of aryl methyl sites for hydroxylation is 1. The molecule has 34 heavy (non-hydrogen) atoms. The van der Waals surface area contributed by atoms with Crippen molar-refractivity contribution in [1.82, 2.24) is 24.5 Å². The number of carbonyl (C=O) groups is 2. The Kier molecular flexibility index (Phi) is 7.83. The quantitative estimate of drug-likeness (QED) is 0.617. The number of carbonyl (C=O) groups excluding carboxylic acids is 2. The number of piperazine rings is 1. The number of likely N-dealkylation sites (tertiary alicyclic amines) is 1. The Morgan fingerprint density at radius 3 is 2.29 bits per heavy atom. The highest BCUT2D eigenvalue weighted by atomic mass is 16.2. The topological polar surface area (TPSA) is 61.7 Å². The second-order valence-corrected chi connectivity index (χ2v) is 9.45. The molecule has 2 saturated heterocycles. The molecule has 182 valence electrons. The summed E-state index contributed by atoms with van der Waals surface area (Å²) in [7, 11) is 0. The molecule has 1 aromatic heterocycles. The third-order valence-corrected chi connectivity index (χ3v) is 7.30. The van der Waals surface area contributed by atoms with Gasteiger partial charge in [-0.15, -0.1) is 0 Å². The van der Waals surface area contributed by atoms with E-state index in [1.54, 1.807) is 6.08 Å². The van der Waals surface area contributed by atoms with Crippen molar-refractivity contribution in [2.45, 2.75) is 40.0 Å². The summed E-state index contributed by atoms with van der Waals surface area (Å²) in [5.41, 5.74) is 3.92. The molecule has 2 fully saturated rings. The molecule has 0 unspecified atom stereocenters. The first kappa shape index (κ1) is 24.2. The first-order valence-electron chi connectivity index (χ1n) is 12.5. The fourth-order valence-corrected chi connectivity index (χ4v) is 5.02. The number of aromatic nitrogens is 2. The minimum absolute atomic E-state index is 0.0340. The number of hydrogen-bond donors (Lipinski definition) is 0. The number of amides is 2. The number of nitrogens with zero attached hydrogens (tertiary/aromatic N) is 5. The second-order valence-electron chi connectivity index (χ2n) is 9.45. The molecule has 2 aromatic rings. The van der Waals surface area contributed by atoms with Crippen LogP contribution in [0.1, 0.15) is 43.1 Å². The van der Waals surface area contributed by atoms with Crippen molar-refractivity contribution in [3.8, 4) is 5.69 Å². The predicted octanol–water partition coefficient (Wildman–Crippen LogP) is 3.30. The van der Waals surface area contributed by atoms with Gasteiger partial charge in [-0.1, -0.05) is 25.1 Å². The minimum Gasteiger partial charge on any atom is -0.340 e. The zero-order valence-electron chi connectivity index (χ0n) is 20.7. The van der Waals surface area contributed by atoms with Gasteiger partial charge in [-0.3, -0.25) is 9.59 Å². The maximum atomic E-state index is 12.8. The van der Waals surface area contributed by atoms with Gasteiger partial charge < -0.3 is 14.7 Å². The van der Waals surface area contributed by atoms with Gasteiger partial charge in [-0.2, -0.15) is 5.10 Å². The third-order valence-electron chi connectivity index (χ3n) is 7.30. The molecular formula is C27H37N5O2. The van der Waals surface area contributed by atoms with Crippen LogP contribution in [-0.4, -0.2) is 82.1 Å². The van der Waals surface area contributed by atoms with Crippen LogP contribution in [0, 0.1) is 19.8 Å². The van der Waals surface area contributed by atoms with E-state index in [1.807, 2.05) is 64.7 Å². The largest absolute Gasteiger partial charge is 0.340 e. The summed E-state index contributed by atoms with van der Waals surface area (Å²) in [6, 6.07) is 10.0. The highest BCUT2D eigenvalue weighted by Crippen LogP contribution is 2.23. The number of likely N-dealkylation sites (N-methyl/N-ethyl adjacent to an activating group) is 1. The van der Waals surface area contributed by atoms with Gasteiger partial charge in [-0.05, 0) is 57.4 Å². The van der Waals surface area contributed by atoms with E-state index in [2.05, 4.69) is 16.9 Å². The van der Waals surface area contributed by atoms with Crippen LogP contribution >= 0.6 is 0 Å². The lowest BCUT2D eigenvalue weighted by Gasteiger charge is -2.36. The van der Waals surface area contributed by atoms with Crippen LogP contribution < -0.4 is 0 Å². The van der Waals surface area contributed by atoms with Crippen LogP contribution in [0.25, 0.3) is 11.8 Å². The second kappa shape index (κ2) is 11.0. The fourth-order valence-electron chi connectivity index (χ4n) is 5.02. The van der Waals surface area contributed by atoms with E-state index in [0.717, 1.165) is 68.2 Å². The van der Waals surface area contributed by atoms with E-state index >= 15 is 0 Å². The van der Waals surface area contributed by atoms with E-state index in [1.165, 1.54) is 0 Å². The highest BCUT2D eigenvalue weighted by molar-refractivity contribution is 5.92. The summed E-state index contributed by atoms with van der Waals surface area (Å²) in [5, 5.41) is 4.66. The summed E-state index contributed by atoms with van der Waals surface area (Å²) in [5.74, 6) is 0.687. The SMILES string of the molecule is CCN1CCN(C(=O)CC2CCN(C(=O)C=Cc3c(C)nn(-c4ccccc4)c3C)CC2)CC1. The first-order valence-corrected chi connectivity index (χ1v) is 12.5. The van der Waals surface area contributed by atoms with E-state index in [-0.39, 0.29) is 11.8 Å². The van der Waals surface area contributed by atoms with Crippen molar-refractivity contribution in [2.75, 3.05) is 45.8 Å². The molecule has 4 rings (SSSR count). The summed E-state index contributed by atoms with van der Waals surface area (Å²) in [6.07, 6.45) is 5.96. The number of piperidine rings is 1. The Morgan fingerprint density at radius 2 is 1.65 bits per heavy atom. The van der Waals surface area contributed by atoms with Gasteiger partial charge in [0.2, 0.25) is 11.8 Å². The van der Waals surface area contributed by atoms with Crippen molar-refractivity contribution in [3.63, 3.8) is 0 Å². The smallest absolute Gasteiger partial charge is 0.246 e. The maximum absolute atomic E-state index is 12.8. The summed E-state index contributed by atoms with van der Waals surface area (Å²) < 4.78 is 1.92. The highest BCUT2D eigenvalue weighted by Gasteiger charge is 2.27. The Morgan fingerprint density at radius 1 is 0.971 bits per heavy atom. The molecule has 0 radical (unpaired) electrons. The minimum atomic E-state index is 0.0340. The summed E-state index contributed by atoms with van der Waals surface area (Å²) in [4.78, 5) is 31.9. The van der Waals surface area contributed by atoms with E-state index in [9.17, 15) is 9.59 Å². The molecule has 2 aliphatic rings. The number of para-hydroxylation sites is 1. The van der Waals surface area contributed by atoms with Crippen molar-refractivity contribution < 1.29 is 9.59 Å². The molecule has 0 aliphatic carbocycles. The number of benzene rings is 1. The average Bonchev–Trinajstić information content (AvgIpc) is 3.16. The average molecular weight is 464 g/mol. The van der Waals surface area contributed by atoms with Gasteiger partial charge in [0.05, 0.1) is 11.4 Å². The Balaban J connectivity index is 1.28. The predicted molar refractivity (Wildman–Crippen MR) is 135 cm³/mol. The molecule has 7 nitrogen and oxygen atoms in total. The van der Waals surface area contributed by atoms with E-state index in [0.29, 0.717) is 25.4 Å². The molecule has 1 aromatic carbocycles. The fraction of sp³-hybridized carbons (Fsp3) is 0.519. The molecule has 2 aliphatic heterocycles. The zero-order chi connectivity index (χ0) is 24.1. The van der Waals surface area contributed by atoms with Crippen LogP contribution in [0.15, 0.2) is 36.4 Å². The molecule has 0 atom stereocenters. The lowest BCUT2D eigenvalue weighted by molar-refractivity contribution is -0.134. The summed E-state index contributed by atoms with van der Waals surface area (Å²) in [6.45, 7) is 12.3. The molecule has 7 heteroatoms. The summed E-state index contributed by atoms with van der Waals surface area (Å²) >= 11 is 0. The first-order chi connectivity index (χ1) is 16.5. The van der Waals surface area contributed by atoms with Gasteiger partial charge in [0.25, 0.3) is 0 Å². The van der Waals surface area contributed by atoms with Crippen LogP contribution in [0.2, 0.25) is 0 Å². The Labute approximate surface area is 203 Å². The maximum Gasteiger partial charge on any atom is 0.246 e. The van der Waals surface area contributed by atoms with Crippen molar-refractivity contribution >= 4 is 17.9 Å². The van der Waals surface area contributed by atoms with Crippen molar-refractivity contribution in [1.29, 1.82) is 0 Å². The number of rotatable bonds is 6. The molecule has 0 spiro atoms. The molecule has 0 saturated carbocycles. The lowest BCUT2D eigenvalue weighted by atomic mass is 9.92. The van der Waals surface area contributed by atoms with E-state index < -0.39 is 0 Å². The molecular weight excluding hydrogens is 426 g/mol. The normalized spacial score (nSPS) is 18.1.